The van der Waals surface area contributed by atoms with Crippen LogP contribution in [-0.2, 0) is 10.0 Å². The number of hydrogen-bond acceptors (Lipinski definition) is 5. The molecule has 0 saturated heterocycles. The van der Waals surface area contributed by atoms with Crippen molar-refractivity contribution in [2.24, 2.45) is 4.99 Å². The quantitative estimate of drug-likeness (QED) is 0.276. The molecular weight excluding hydrogens is 364 g/mol. The average Bonchev–Trinajstić information content (AvgIpc) is 2.68. The topological polar surface area (TPSA) is 98.7 Å². The molecule has 0 aliphatic carbocycles. The lowest BCUT2D eigenvalue weighted by Gasteiger charge is -2.21. The molecule has 0 aliphatic rings. The molecule has 0 fully saturated rings. The number of hydrogen-bond donors (Lipinski definition) is 3. The second kappa shape index (κ2) is 12.6. The fourth-order valence-corrected chi connectivity index (χ4v) is 3.61. The highest BCUT2D eigenvalue weighted by atomic mass is 32.2. The van der Waals surface area contributed by atoms with Crippen LogP contribution in [0.1, 0.15) is 33.6 Å². The van der Waals surface area contributed by atoms with E-state index < -0.39 is 10.0 Å². The van der Waals surface area contributed by atoms with Crippen molar-refractivity contribution in [3.63, 3.8) is 0 Å². The van der Waals surface area contributed by atoms with Crippen LogP contribution in [0.5, 0.6) is 0 Å². The summed E-state index contributed by atoms with van der Waals surface area (Å²) in [5.74, 6) is 0.672. The second-order valence-corrected chi connectivity index (χ2v) is 8.07. The van der Waals surface area contributed by atoms with Gasteiger partial charge < -0.3 is 15.5 Å². The summed E-state index contributed by atoms with van der Waals surface area (Å²) < 4.78 is 26.8. The lowest BCUT2D eigenvalue weighted by atomic mass is 10.2. The lowest BCUT2D eigenvalue weighted by molar-refractivity contribution is 0.292. The Morgan fingerprint density at radius 2 is 2.04 bits per heavy atom. The minimum absolute atomic E-state index is 0.161. The van der Waals surface area contributed by atoms with Crippen LogP contribution in [0.25, 0.3) is 0 Å². The van der Waals surface area contributed by atoms with Gasteiger partial charge in [-0.25, -0.2) is 13.1 Å². The van der Waals surface area contributed by atoms with Gasteiger partial charge in [-0.2, -0.15) is 0 Å². The van der Waals surface area contributed by atoms with Crippen LogP contribution in [0, 0.1) is 0 Å². The van der Waals surface area contributed by atoms with Gasteiger partial charge in [0.1, 0.15) is 4.90 Å². The third-order valence-corrected chi connectivity index (χ3v) is 5.71. The molecule has 0 bridgehead atoms. The van der Waals surface area contributed by atoms with E-state index in [9.17, 15) is 8.42 Å². The van der Waals surface area contributed by atoms with Gasteiger partial charge in [0.2, 0.25) is 10.0 Å². The molecule has 154 valence electrons. The third kappa shape index (κ3) is 9.16. The van der Waals surface area contributed by atoms with Gasteiger partial charge >= 0.3 is 0 Å². The highest BCUT2D eigenvalue weighted by molar-refractivity contribution is 7.89. The molecule has 1 rings (SSSR count). The first-order chi connectivity index (χ1) is 12.9. The van der Waals surface area contributed by atoms with E-state index in [1.54, 1.807) is 19.3 Å². The minimum atomic E-state index is -3.53. The lowest BCUT2D eigenvalue weighted by Crippen LogP contribution is -2.45. The summed E-state index contributed by atoms with van der Waals surface area (Å²) in [6, 6.07) is 3.41. The molecule has 0 aliphatic heterocycles. The van der Waals surface area contributed by atoms with Gasteiger partial charge in [-0.15, -0.1) is 0 Å². The standard InChI is InChI=1S/C18H34N6O2S/c1-5-24(6-2)14-8-9-16(3)23-18(19-4)21-12-13-22-27(25,26)17-10-7-11-20-15-17/h7,10-11,15-16,22H,5-6,8-9,12-14H2,1-4H3,(H2,19,21,23). The molecule has 0 radical (unpaired) electrons. The van der Waals surface area contributed by atoms with Crippen molar-refractivity contribution in [2.75, 3.05) is 39.8 Å². The van der Waals surface area contributed by atoms with E-state index in [0.717, 1.165) is 32.5 Å². The maximum absolute atomic E-state index is 12.1. The Hall–Kier alpha value is -1.71. The fraction of sp³-hybridized carbons (Fsp3) is 0.667. The van der Waals surface area contributed by atoms with Crippen LogP contribution in [0.3, 0.4) is 0 Å². The molecule has 8 nitrogen and oxygen atoms in total. The first-order valence-electron chi connectivity index (χ1n) is 9.52. The molecule has 1 heterocycles. The van der Waals surface area contributed by atoms with Crippen molar-refractivity contribution < 1.29 is 8.42 Å². The Labute approximate surface area is 163 Å². The predicted molar refractivity (Wildman–Crippen MR) is 110 cm³/mol. The number of sulfonamides is 1. The van der Waals surface area contributed by atoms with E-state index in [0.29, 0.717) is 18.5 Å². The Kier molecular flexibility index (Phi) is 10.9. The van der Waals surface area contributed by atoms with Gasteiger partial charge in [0.05, 0.1) is 0 Å². The maximum atomic E-state index is 12.1. The van der Waals surface area contributed by atoms with Crippen molar-refractivity contribution in [1.29, 1.82) is 0 Å². The molecule has 9 heteroatoms. The monoisotopic (exact) mass is 398 g/mol. The molecule has 0 amide bonds. The van der Waals surface area contributed by atoms with Crippen molar-refractivity contribution >= 4 is 16.0 Å². The Morgan fingerprint density at radius 3 is 2.63 bits per heavy atom. The van der Waals surface area contributed by atoms with Gasteiger partial charge in [0.25, 0.3) is 0 Å². The summed E-state index contributed by atoms with van der Waals surface area (Å²) >= 11 is 0. The zero-order valence-corrected chi connectivity index (χ0v) is 17.7. The molecule has 3 N–H and O–H groups in total. The van der Waals surface area contributed by atoms with E-state index in [4.69, 9.17) is 0 Å². The second-order valence-electron chi connectivity index (χ2n) is 6.30. The van der Waals surface area contributed by atoms with Crippen LogP contribution >= 0.6 is 0 Å². The Morgan fingerprint density at radius 1 is 1.30 bits per heavy atom. The number of nitrogens with zero attached hydrogens (tertiary/aromatic N) is 3. The summed E-state index contributed by atoms with van der Waals surface area (Å²) in [6.45, 7) is 10.4. The smallest absolute Gasteiger partial charge is 0.242 e. The highest BCUT2D eigenvalue weighted by Gasteiger charge is 2.13. The first-order valence-corrected chi connectivity index (χ1v) is 11.0. The van der Waals surface area contributed by atoms with Crippen molar-refractivity contribution in [1.82, 2.24) is 25.2 Å². The maximum Gasteiger partial charge on any atom is 0.242 e. The summed E-state index contributed by atoms with van der Waals surface area (Å²) in [5, 5.41) is 6.47. The Bertz CT molecular complexity index is 647. The van der Waals surface area contributed by atoms with E-state index in [1.807, 2.05) is 0 Å². The highest BCUT2D eigenvalue weighted by Crippen LogP contribution is 2.04. The molecule has 27 heavy (non-hydrogen) atoms. The number of aliphatic imine (C=N–C) groups is 1. The zero-order chi connectivity index (χ0) is 20.1. The van der Waals surface area contributed by atoms with Gasteiger partial charge in [-0.3, -0.25) is 9.98 Å². The minimum Gasteiger partial charge on any atom is -0.355 e. The number of rotatable bonds is 12. The summed E-state index contributed by atoms with van der Waals surface area (Å²) in [6.07, 6.45) is 5.04. The molecule has 0 aromatic carbocycles. The largest absolute Gasteiger partial charge is 0.355 e. The van der Waals surface area contributed by atoms with Crippen LogP contribution in [-0.4, -0.2) is 70.1 Å². The molecule has 1 aromatic heterocycles. The van der Waals surface area contributed by atoms with Gasteiger partial charge in [0, 0.05) is 38.6 Å². The van der Waals surface area contributed by atoms with Crippen molar-refractivity contribution in [3.05, 3.63) is 24.5 Å². The summed E-state index contributed by atoms with van der Waals surface area (Å²) in [5.41, 5.74) is 0. The van der Waals surface area contributed by atoms with E-state index >= 15 is 0 Å². The zero-order valence-electron chi connectivity index (χ0n) is 16.9. The number of pyridine rings is 1. The molecule has 0 spiro atoms. The molecule has 1 aromatic rings. The van der Waals surface area contributed by atoms with Gasteiger partial charge in [-0.05, 0) is 51.5 Å². The molecule has 1 atom stereocenters. The molecule has 1 unspecified atom stereocenters. The van der Waals surface area contributed by atoms with Gasteiger partial charge in [-0.1, -0.05) is 13.8 Å². The predicted octanol–water partition coefficient (Wildman–Crippen LogP) is 1.04. The third-order valence-electron chi connectivity index (χ3n) is 4.27. The molecule has 0 saturated carbocycles. The van der Waals surface area contributed by atoms with Crippen LogP contribution in [0.4, 0.5) is 0 Å². The number of guanidine groups is 1. The summed E-state index contributed by atoms with van der Waals surface area (Å²) in [7, 11) is -1.82. The van der Waals surface area contributed by atoms with E-state index in [2.05, 4.69) is 51.0 Å². The summed E-state index contributed by atoms with van der Waals surface area (Å²) in [4.78, 5) is 10.6. The van der Waals surface area contributed by atoms with E-state index in [-0.39, 0.29) is 11.4 Å². The number of aromatic nitrogens is 1. The molecular formula is C18H34N6O2S. The number of nitrogens with one attached hydrogen (secondary N) is 3. The van der Waals surface area contributed by atoms with Crippen LogP contribution < -0.4 is 15.4 Å². The van der Waals surface area contributed by atoms with Crippen molar-refractivity contribution in [2.45, 2.75) is 44.6 Å². The van der Waals surface area contributed by atoms with Crippen LogP contribution in [0.2, 0.25) is 0 Å². The average molecular weight is 399 g/mol. The van der Waals surface area contributed by atoms with Crippen LogP contribution in [0.15, 0.2) is 34.4 Å². The van der Waals surface area contributed by atoms with Crippen molar-refractivity contribution in [3.8, 4) is 0 Å². The Balaban J connectivity index is 2.30. The normalized spacial score (nSPS) is 13.6. The fourth-order valence-electron chi connectivity index (χ4n) is 2.62. The SMILES string of the molecule is CCN(CC)CCCC(C)NC(=NC)NCCNS(=O)(=O)c1cccnc1. The first kappa shape index (κ1) is 23.3. The van der Waals surface area contributed by atoms with E-state index in [1.165, 1.54) is 12.3 Å². The van der Waals surface area contributed by atoms with Gasteiger partial charge in [0.15, 0.2) is 5.96 Å².